The number of thiophene rings is 1. The first-order valence-electron chi connectivity index (χ1n) is 10.1. The molecule has 1 N–H and O–H groups in total. The highest BCUT2D eigenvalue weighted by atomic mass is 32.1. The van der Waals surface area contributed by atoms with Crippen molar-refractivity contribution in [3.05, 3.63) is 109 Å². The summed E-state index contributed by atoms with van der Waals surface area (Å²) in [7, 11) is 0. The van der Waals surface area contributed by atoms with Crippen molar-refractivity contribution in [3.8, 4) is 11.1 Å². The van der Waals surface area contributed by atoms with E-state index in [1.165, 1.54) is 42.1 Å². The summed E-state index contributed by atoms with van der Waals surface area (Å²) in [5, 5.41) is 8.89. The molecule has 6 rings (SSSR count). The van der Waals surface area contributed by atoms with Gasteiger partial charge in [-0.3, -0.25) is 0 Å². The van der Waals surface area contributed by atoms with E-state index in [4.69, 9.17) is 0 Å². The zero-order valence-electron chi connectivity index (χ0n) is 16.3. The van der Waals surface area contributed by atoms with E-state index in [9.17, 15) is 0 Å². The largest absolute Gasteiger partial charge is 0.355 e. The van der Waals surface area contributed by atoms with Gasteiger partial charge in [0.2, 0.25) is 0 Å². The predicted molar refractivity (Wildman–Crippen MR) is 132 cm³/mol. The van der Waals surface area contributed by atoms with E-state index in [-0.39, 0.29) is 0 Å². The van der Waals surface area contributed by atoms with Crippen molar-refractivity contribution in [3.63, 3.8) is 0 Å². The lowest BCUT2D eigenvalue weighted by molar-refractivity contribution is 1.56. The number of anilines is 2. The minimum atomic E-state index is 1.10. The Morgan fingerprint density at radius 1 is 0.500 bits per heavy atom. The molecule has 0 unspecified atom stereocenters. The molecule has 1 aromatic heterocycles. The van der Waals surface area contributed by atoms with Crippen LogP contribution in [-0.2, 0) is 0 Å². The maximum Gasteiger partial charge on any atom is 0.0398 e. The normalized spacial score (nSPS) is 11.3. The van der Waals surface area contributed by atoms with Crippen molar-refractivity contribution in [1.29, 1.82) is 0 Å². The summed E-state index contributed by atoms with van der Waals surface area (Å²) in [4.78, 5) is 0. The van der Waals surface area contributed by atoms with Gasteiger partial charge in [0, 0.05) is 31.5 Å². The second-order valence-electron chi connectivity index (χ2n) is 7.54. The van der Waals surface area contributed by atoms with Crippen LogP contribution in [0.4, 0.5) is 11.4 Å². The average molecular weight is 402 g/mol. The third kappa shape index (κ3) is 2.94. The molecule has 0 atom stereocenters. The summed E-state index contributed by atoms with van der Waals surface area (Å²) in [6.45, 7) is 0. The summed E-state index contributed by atoms with van der Waals surface area (Å²) < 4.78 is 2.65. The van der Waals surface area contributed by atoms with Gasteiger partial charge in [0.1, 0.15) is 0 Å². The third-order valence-electron chi connectivity index (χ3n) is 5.64. The standard InChI is InChI=1S/C28H19NS/c1-2-6-19(7-3-1)20-10-13-22(14-11-20)29-23-15-16-25-27(18-23)30-26-17-12-21-8-4-5-9-24(21)28(25)26/h1-18,29H. The van der Waals surface area contributed by atoms with Crippen molar-refractivity contribution in [2.24, 2.45) is 0 Å². The highest BCUT2D eigenvalue weighted by Crippen LogP contribution is 2.39. The molecule has 0 aliphatic heterocycles. The van der Waals surface area contributed by atoms with Crippen LogP contribution in [0, 0.1) is 0 Å². The molecule has 0 saturated heterocycles. The van der Waals surface area contributed by atoms with Crippen LogP contribution in [0.2, 0.25) is 0 Å². The van der Waals surface area contributed by atoms with E-state index in [1.807, 2.05) is 17.4 Å². The topological polar surface area (TPSA) is 12.0 Å². The maximum absolute atomic E-state index is 3.56. The number of fused-ring (bicyclic) bond motifs is 5. The van der Waals surface area contributed by atoms with Crippen molar-refractivity contribution in [2.45, 2.75) is 0 Å². The number of nitrogens with one attached hydrogen (secondary N) is 1. The molecule has 0 spiro atoms. The lowest BCUT2D eigenvalue weighted by atomic mass is 10.0. The number of hydrogen-bond donors (Lipinski definition) is 1. The molecular weight excluding hydrogens is 382 g/mol. The van der Waals surface area contributed by atoms with E-state index in [0.717, 1.165) is 11.4 Å². The van der Waals surface area contributed by atoms with E-state index >= 15 is 0 Å². The molecule has 142 valence electrons. The quantitative estimate of drug-likeness (QED) is 0.313. The first kappa shape index (κ1) is 17.3. The van der Waals surface area contributed by atoms with Crippen LogP contribution in [0.5, 0.6) is 0 Å². The Morgan fingerprint density at radius 3 is 2.10 bits per heavy atom. The van der Waals surface area contributed by atoms with Crippen LogP contribution in [-0.4, -0.2) is 0 Å². The summed E-state index contributed by atoms with van der Waals surface area (Å²) in [5.41, 5.74) is 4.68. The SMILES string of the molecule is c1ccc(-c2ccc(Nc3ccc4c(c3)sc3ccc5ccccc5c34)cc2)cc1. The second kappa shape index (κ2) is 7.01. The van der Waals surface area contributed by atoms with Crippen molar-refractivity contribution in [1.82, 2.24) is 0 Å². The van der Waals surface area contributed by atoms with Gasteiger partial charge >= 0.3 is 0 Å². The number of hydrogen-bond acceptors (Lipinski definition) is 2. The fourth-order valence-corrected chi connectivity index (χ4v) is 5.33. The molecule has 0 radical (unpaired) electrons. The summed E-state index contributed by atoms with van der Waals surface area (Å²) >= 11 is 1.86. The van der Waals surface area contributed by atoms with Crippen LogP contribution in [0.15, 0.2) is 109 Å². The first-order valence-corrected chi connectivity index (χ1v) is 10.9. The van der Waals surface area contributed by atoms with Gasteiger partial charge in [-0.15, -0.1) is 11.3 Å². The maximum atomic E-state index is 3.56. The Labute approximate surface area is 179 Å². The highest BCUT2D eigenvalue weighted by molar-refractivity contribution is 7.26. The molecular formula is C28H19NS. The summed E-state index contributed by atoms with van der Waals surface area (Å²) in [6, 6.07) is 38.9. The number of rotatable bonds is 3. The van der Waals surface area contributed by atoms with Crippen molar-refractivity contribution < 1.29 is 0 Å². The Hall–Kier alpha value is -3.62. The molecule has 0 aliphatic rings. The van der Waals surface area contributed by atoms with Crippen LogP contribution >= 0.6 is 11.3 Å². The minimum Gasteiger partial charge on any atom is -0.355 e. The summed E-state index contributed by atoms with van der Waals surface area (Å²) in [6.07, 6.45) is 0. The Morgan fingerprint density at radius 2 is 1.23 bits per heavy atom. The molecule has 2 heteroatoms. The molecule has 5 aromatic carbocycles. The minimum absolute atomic E-state index is 1.10. The van der Waals surface area contributed by atoms with E-state index in [1.54, 1.807) is 0 Å². The van der Waals surface area contributed by atoms with Crippen LogP contribution < -0.4 is 5.32 Å². The lowest BCUT2D eigenvalue weighted by Gasteiger charge is -2.08. The summed E-state index contributed by atoms with van der Waals surface area (Å²) in [5.74, 6) is 0. The lowest BCUT2D eigenvalue weighted by Crippen LogP contribution is -1.89. The van der Waals surface area contributed by atoms with E-state index in [2.05, 4.69) is 108 Å². The predicted octanol–water partition coefficient (Wildman–Crippen LogP) is 8.62. The van der Waals surface area contributed by atoms with Crippen LogP contribution in [0.25, 0.3) is 42.1 Å². The van der Waals surface area contributed by atoms with E-state index in [0.29, 0.717) is 0 Å². The van der Waals surface area contributed by atoms with Gasteiger partial charge in [-0.25, -0.2) is 0 Å². The molecule has 1 nitrogen and oxygen atoms in total. The zero-order chi connectivity index (χ0) is 19.9. The third-order valence-corrected chi connectivity index (χ3v) is 6.76. The van der Waals surface area contributed by atoms with Gasteiger partial charge in [0.25, 0.3) is 0 Å². The monoisotopic (exact) mass is 401 g/mol. The number of benzene rings is 5. The van der Waals surface area contributed by atoms with Gasteiger partial charge < -0.3 is 5.32 Å². The zero-order valence-corrected chi connectivity index (χ0v) is 17.1. The smallest absolute Gasteiger partial charge is 0.0398 e. The van der Waals surface area contributed by atoms with Gasteiger partial charge in [-0.05, 0) is 52.2 Å². The Balaban J connectivity index is 1.36. The highest BCUT2D eigenvalue weighted by Gasteiger charge is 2.09. The average Bonchev–Trinajstić information content (AvgIpc) is 3.18. The molecule has 0 amide bonds. The fourth-order valence-electron chi connectivity index (χ4n) is 4.17. The molecule has 30 heavy (non-hydrogen) atoms. The van der Waals surface area contributed by atoms with Gasteiger partial charge in [-0.2, -0.15) is 0 Å². The Kier molecular flexibility index (Phi) is 4.03. The molecule has 0 saturated carbocycles. The molecule has 0 aliphatic carbocycles. The van der Waals surface area contributed by atoms with Crippen molar-refractivity contribution in [2.75, 3.05) is 5.32 Å². The van der Waals surface area contributed by atoms with Crippen LogP contribution in [0.1, 0.15) is 0 Å². The molecule has 0 fully saturated rings. The van der Waals surface area contributed by atoms with Gasteiger partial charge in [0.05, 0.1) is 0 Å². The fraction of sp³-hybridized carbons (Fsp3) is 0. The second-order valence-corrected chi connectivity index (χ2v) is 8.62. The van der Waals surface area contributed by atoms with E-state index < -0.39 is 0 Å². The van der Waals surface area contributed by atoms with Crippen LogP contribution in [0.3, 0.4) is 0 Å². The molecule has 1 heterocycles. The first-order chi connectivity index (χ1) is 14.8. The van der Waals surface area contributed by atoms with Crippen molar-refractivity contribution >= 4 is 53.7 Å². The molecule has 6 aromatic rings. The van der Waals surface area contributed by atoms with Gasteiger partial charge in [-0.1, -0.05) is 78.9 Å². The van der Waals surface area contributed by atoms with Gasteiger partial charge in [0.15, 0.2) is 0 Å². The molecule has 0 bridgehead atoms. The Bertz CT molecular complexity index is 1490.